The van der Waals surface area contributed by atoms with E-state index in [4.69, 9.17) is 0 Å². The van der Waals surface area contributed by atoms with Crippen LogP contribution in [-0.2, 0) is 0 Å². The number of aromatic nitrogens is 3. The topological polar surface area (TPSA) is 69.0 Å². The van der Waals surface area contributed by atoms with Crippen LogP contribution in [0.15, 0.2) is 61.2 Å². The fraction of sp³-hybridized carbons (Fsp3) is 0.0625. The van der Waals surface area contributed by atoms with Gasteiger partial charge in [0.15, 0.2) is 0 Å². The van der Waals surface area contributed by atoms with Crippen molar-refractivity contribution < 1.29 is 22.7 Å². The lowest BCUT2D eigenvalue weighted by molar-refractivity contribution is -0.274. The Bertz CT molecular complexity index is 862. The van der Waals surface area contributed by atoms with Gasteiger partial charge in [-0.1, -0.05) is 6.07 Å². The van der Waals surface area contributed by atoms with E-state index in [1.54, 1.807) is 24.3 Å². The number of ether oxygens (including phenoxy) is 1. The summed E-state index contributed by atoms with van der Waals surface area (Å²) in [5.74, 6) is -0.874. The standard InChI is InChI=1S/C16H11F3N4O2/c17-16(18,19)25-14-3-1-2-12(8-14)22-15(24)11-4-6-13(7-5-11)23-10-20-9-21-23/h1-10H,(H,22,24). The maximum Gasteiger partial charge on any atom is 0.573 e. The molecule has 0 unspecified atom stereocenters. The monoisotopic (exact) mass is 348 g/mol. The lowest BCUT2D eigenvalue weighted by Gasteiger charge is -2.11. The minimum atomic E-state index is -4.79. The molecule has 6 nitrogen and oxygen atoms in total. The van der Waals surface area contributed by atoms with Gasteiger partial charge in [0.2, 0.25) is 0 Å². The Morgan fingerprint density at radius 1 is 1.12 bits per heavy atom. The molecule has 0 aliphatic carbocycles. The fourth-order valence-electron chi connectivity index (χ4n) is 2.08. The molecule has 0 aliphatic rings. The Kier molecular flexibility index (Phi) is 4.38. The van der Waals surface area contributed by atoms with Crippen LogP contribution in [0.25, 0.3) is 5.69 Å². The largest absolute Gasteiger partial charge is 0.573 e. The number of carbonyl (C=O) groups is 1. The molecule has 0 saturated heterocycles. The molecule has 3 rings (SSSR count). The highest BCUT2D eigenvalue weighted by Gasteiger charge is 2.31. The zero-order valence-electron chi connectivity index (χ0n) is 12.6. The molecule has 9 heteroatoms. The SMILES string of the molecule is O=C(Nc1cccc(OC(F)(F)F)c1)c1ccc(-n2cncn2)cc1. The third-order valence-corrected chi connectivity index (χ3v) is 3.14. The molecule has 1 N–H and O–H groups in total. The van der Waals surface area contributed by atoms with E-state index < -0.39 is 18.0 Å². The van der Waals surface area contributed by atoms with Gasteiger partial charge in [0, 0.05) is 17.3 Å². The number of anilines is 1. The minimum Gasteiger partial charge on any atom is -0.406 e. The van der Waals surface area contributed by atoms with Crippen molar-refractivity contribution in [1.82, 2.24) is 14.8 Å². The Labute approximate surface area is 139 Å². The van der Waals surface area contributed by atoms with Crippen LogP contribution < -0.4 is 10.1 Å². The van der Waals surface area contributed by atoms with Crippen molar-refractivity contribution in [3.05, 3.63) is 66.7 Å². The van der Waals surface area contributed by atoms with Crippen molar-refractivity contribution >= 4 is 11.6 Å². The van der Waals surface area contributed by atoms with Crippen LogP contribution in [0, 0.1) is 0 Å². The van der Waals surface area contributed by atoms with Gasteiger partial charge >= 0.3 is 6.36 Å². The van der Waals surface area contributed by atoms with E-state index in [-0.39, 0.29) is 5.69 Å². The van der Waals surface area contributed by atoms with E-state index >= 15 is 0 Å². The quantitative estimate of drug-likeness (QED) is 0.784. The van der Waals surface area contributed by atoms with Gasteiger partial charge in [-0.3, -0.25) is 4.79 Å². The van der Waals surface area contributed by atoms with Crippen LogP contribution >= 0.6 is 0 Å². The number of benzene rings is 2. The second kappa shape index (κ2) is 6.63. The molecular formula is C16H11F3N4O2. The summed E-state index contributed by atoms with van der Waals surface area (Å²) in [5, 5.41) is 6.48. The lowest BCUT2D eigenvalue weighted by atomic mass is 10.2. The molecule has 0 aliphatic heterocycles. The van der Waals surface area contributed by atoms with Gasteiger partial charge in [-0.05, 0) is 36.4 Å². The molecule has 0 saturated carbocycles. The molecule has 1 aromatic heterocycles. The van der Waals surface area contributed by atoms with E-state index in [1.165, 1.54) is 29.5 Å². The van der Waals surface area contributed by atoms with Crippen LogP contribution in [0.5, 0.6) is 5.75 Å². The predicted octanol–water partition coefficient (Wildman–Crippen LogP) is 3.42. The first-order chi connectivity index (χ1) is 11.9. The van der Waals surface area contributed by atoms with Gasteiger partial charge in [-0.25, -0.2) is 9.67 Å². The summed E-state index contributed by atoms with van der Waals surface area (Å²) in [6.07, 6.45) is -1.89. The second-order valence-electron chi connectivity index (χ2n) is 4.92. The molecule has 25 heavy (non-hydrogen) atoms. The first-order valence-corrected chi connectivity index (χ1v) is 7.03. The maximum atomic E-state index is 12.2. The Morgan fingerprint density at radius 3 is 2.52 bits per heavy atom. The summed E-state index contributed by atoms with van der Waals surface area (Å²) in [6.45, 7) is 0. The van der Waals surface area contributed by atoms with Gasteiger partial charge in [0.25, 0.3) is 5.91 Å². The number of hydrogen-bond donors (Lipinski definition) is 1. The number of halogens is 3. The molecule has 0 atom stereocenters. The van der Waals surface area contributed by atoms with Crippen LogP contribution in [-0.4, -0.2) is 27.0 Å². The number of nitrogens with one attached hydrogen (secondary N) is 1. The Hall–Kier alpha value is -3.36. The first kappa shape index (κ1) is 16.5. The van der Waals surface area contributed by atoms with Gasteiger partial charge in [0.05, 0.1) is 5.69 Å². The van der Waals surface area contributed by atoms with Gasteiger partial charge in [-0.15, -0.1) is 13.2 Å². The Balaban J connectivity index is 1.71. The number of alkyl halides is 3. The van der Waals surface area contributed by atoms with E-state index in [0.29, 0.717) is 5.56 Å². The third kappa shape index (κ3) is 4.34. The van der Waals surface area contributed by atoms with E-state index in [2.05, 4.69) is 20.1 Å². The fourth-order valence-corrected chi connectivity index (χ4v) is 2.08. The minimum absolute atomic E-state index is 0.187. The van der Waals surface area contributed by atoms with Gasteiger partial charge in [-0.2, -0.15) is 5.10 Å². The molecule has 0 radical (unpaired) electrons. The summed E-state index contributed by atoms with van der Waals surface area (Å²) in [4.78, 5) is 16.0. The molecule has 2 aromatic carbocycles. The Morgan fingerprint density at radius 2 is 1.88 bits per heavy atom. The zero-order valence-corrected chi connectivity index (χ0v) is 12.6. The highest BCUT2D eigenvalue weighted by atomic mass is 19.4. The van der Waals surface area contributed by atoms with Crippen molar-refractivity contribution in [3.8, 4) is 11.4 Å². The summed E-state index contributed by atoms with van der Waals surface area (Å²) in [5.41, 5.74) is 1.24. The van der Waals surface area contributed by atoms with E-state index in [0.717, 1.165) is 17.8 Å². The summed E-state index contributed by atoms with van der Waals surface area (Å²) in [6, 6.07) is 11.5. The maximum absolute atomic E-state index is 12.2. The van der Waals surface area contributed by atoms with Crippen LogP contribution in [0.4, 0.5) is 18.9 Å². The van der Waals surface area contributed by atoms with Crippen molar-refractivity contribution in [3.63, 3.8) is 0 Å². The normalized spacial score (nSPS) is 11.2. The molecule has 1 amide bonds. The molecule has 0 bridgehead atoms. The van der Waals surface area contributed by atoms with Crippen LogP contribution in [0.3, 0.4) is 0 Å². The molecule has 1 heterocycles. The van der Waals surface area contributed by atoms with Crippen LogP contribution in [0.1, 0.15) is 10.4 Å². The smallest absolute Gasteiger partial charge is 0.406 e. The van der Waals surface area contributed by atoms with E-state index in [1.807, 2.05) is 0 Å². The third-order valence-electron chi connectivity index (χ3n) is 3.14. The van der Waals surface area contributed by atoms with Crippen molar-refractivity contribution in [2.45, 2.75) is 6.36 Å². The second-order valence-corrected chi connectivity index (χ2v) is 4.92. The zero-order chi connectivity index (χ0) is 17.9. The van der Waals surface area contributed by atoms with Crippen molar-refractivity contribution in [2.24, 2.45) is 0 Å². The lowest BCUT2D eigenvalue weighted by Crippen LogP contribution is -2.17. The van der Waals surface area contributed by atoms with Crippen molar-refractivity contribution in [2.75, 3.05) is 5.32 Å². The molecule has 0 spiro atoms. The number of carbonyl (C=O) groups excluding carboxylic acids is 1. The highest BCUT2D eigenvalue weighted by molar-refractivity contribution is 6.04. The van der Waals surface area contributed by atoms with E-state index in [9.17, 15) is 18.0 Å². The number of amides is 1. The highest BCUT2D eigenvalue weighted by Crippen LogP contribution is 2.25. The first-order valence-electron chi connectivity index (χ1n) is 7.03. The summed E-state index contributed by atoms with van der Waals surface area (Å²) in [7, 11) is 0. The molecule has 3 aromatic rings. The van der Waals surface area contributed by atoms with Gasteiger partial charge < -0.3 is 10.1 Å². The number of nitrogens with zero attached hydrogens (tertiary/aromatic N) is 3. The molecule has 128 valence electrons. The molecule has 0 fully saturated rings. The van der Waals surface area contributed by atoms with Gasteiger partial charge in [0.1, 0.15) is 18.4 Å². The number of hydrogen-bond acceptors (Lipinski definition) is 4. The molecular weight excluding hydrogens is 337 g/mol. The average Bonchev–Trinajstić information content (AvgIpc) is 3.08. The predicted molar refractivity (Wildman–Crippen MR) is 82.4 cm³/mol. The summed E-state index contributed by atoms with van der Waals surface area (Å²) >= 11 is 0. The summed E-state index contributed by atoms with van der Waals surface area (Å²) < 4.78 is 42.0. The van der Waals surface area contributed by atoms with Crippen molar-refractivity contribution in [1.29, 1.82) is 0 Å². The number of rotatable bonds is 4. The average molecular weight is 348 g/mol. The van der Waals surface area contributed by atoms with Crippen LogP contribution in [0.2, 0.25) is 0 Å².